The van der Waals surface area contributed by atoms with Crippen molar-refractivity contribution in [3.8, 4) is 23.0 Å². The van der Waals surface area contributed by atoms with E-state index in [4.69, 9.17) is 9.47 Å². The average molecular weight is 525 g/mol. The van der Waals surface area contributed by atoms with Crippen LogP contribution in [-0.2, 0) is 13.1 Å². The minimum absolute atomic E-state index is 0. The topological polar surface area (TPSA) is 84.3 Å². The maximum absolute atomic E-state index is 13.4. The van der Waals surface area contributed by atoms with Gasteiger partial charge in [-0.05, 0) is 23.8 Å². The first kappa shape index (κ1) is 22.7. The van der Waals surface area contributed by atoms with Gasteiger partial charge in [0.1, 0.15) is 5.75 Å². The fraction of sp³-hybridized carbons (Fsp3) is 0.278. The SMILES string of the molecule is CN=C(NCc1ccc(O)c(F)c1)NCc1cc2c(cc1OC(F)F)OCO2.I. The molecule has 0 unspecified atom stereocenters. The molecule has 0 bridgehead atoms. The molecule has 0 spiro atoms. The molecule has 0 fully saturated rings. The van der Waals surface area contributed by atoms with Crippen molar-refractivity contribution in [2.24, 2.45) is 4.99 Å². The molecule has 0 saturated carbocycles. The van der Waals surface area contributed by atoms with Gasteiger partial charge >= 0.3 is 6.61 Å². The molecule has 0 aromatic heterocycles. The summed E-state index contributed by atoms with van der Waals surface area (Å²) in [5.41, 5.74) is 1.01. The van der Waals surface area contributed by atoms with Gasteiger partial charge in [0, 0.05) is 31.8 Å². The molecule has 2 aromatic carbocycles. The van der Waals surface area contributed by atoms with Crippen LogP contribution < -0.4 is 24.8 Å². The number of phenols is 1. The number of phenolic OH excluding ortho intramolecular Hbond substituents is 1. The Bertz CT molecular complexity index is 884. The second kappa shape index (κ2) is 10.3. The first-order valence-electron chi connectivity index (χ1n) is 8.25. The van der Waals surface area contributed by atoms with Crippen LogP contribution in [0.3, 0.4) is 0 Å². The molecule has 0 radical (unpaired) electrons. The number of fused-ring (bicyclic) bond motifs is 1. The van der Waals surface area contributed by atoms with E-state index in [1.165, 1.54) is 25.2 Å². The summed E-state index contributed by atoms with van der Waals surface area (Å²) in [5, 5.41) is 15.1. The summed E-state index contributed by atoms with van der Waals surface area (Å²) in [6.45, 7) is -2.63. The van der Waals surface area contributed by atoms with Gasteiger partial charge in [0.05, 0.1) is 0 Å². The van der Waals surface area contributed by atoms with Crippen molar-refractivity contribution in [1.82, 2.24) is 10.6 Å². The van der Waals surface area contributed by atoms with Crippen molar-refractivity contribution in [1.29, 1.82) is 0 Å². The number of nitrogens with zero attached hydrogens (tertiary/aromatic N) is 1. The molecule has 0 saturated heterocycles. The molecule has 0 aliphatic carbocycles. The highest BCUT2D eigenvalue weighted by Crippen LogP contribution is 2.38. The van der Waals surface area contributed by atoms with Crippen molar-refractivity contribution in [3.05, 3.63) is 47.3 Å². The van der Waals surface area contributed by atoms with Crippen LogP contribution in [-0.4, -0.2) is 31.5 Å². The molecule has 2 aromatic rings. The van der Waals surface area contributed by atoms with E-state index in [2.05, 4.69) is 20.4 Å². The zero-order valence-electron chi connectivity index (χ0n) is 15.2. The summed E-state index contributed by atoms with van der Waals surface area (Å²) in [5.74, 6) is -0.0776. The van der Waals surface area contributed by atoms with Gasteiger partial charge < -0.3 is 30.0 Å². The Balaban J connectivity index is 0.00000300. The molecule has 1 heterocycles. The highest BCUT2D eigenvalue weighted by Gasteiger charge is 2.20. The van der Waals surface area contributed by atoms with E-state index in [-0.39, 0.29) is 49.6 Å². The highest BCUT2D eigenvalue weighted by molar-refractivity contribution is 14.0. The number of halogens is 4. The van der Waals surface area contributed by atoms with Gasteiger partial charge in [-0.3, -0.25) is 4.99 Å². The predicted molar refractivity (Wildman–Crippen MR) is 110 cm³/mol. The highest BCUT2D eigenvalue weighted by atomic mass is 127. The Kier molecular flexibility index (Phi) is 8.05. The van der Waals surface area contributed by atoms with Gasteiger partial charge in [-0.1, -0.05) is 6.07 Å². The third-order valence-corrected chi connectivity index (χ3v) is 3.91. The molecule has 11 heteroatoms. The lowest BCUT2D eigenvalue weighted by Gasteiger charge is -2.15. The van der Waals surface area contributed by atoms with Crippen molar-refractivity contribution in [2.75, 3.05) is 13.8 Å². The maximum Gasteiger partial charge on any atom is 0.387 e. The third kappa shape index (κ3) is 5.95. The number of nitrogens with one attached hydrogen (secondary N) is 2. The summed E-state index contributed by atoms with van der Waals surface area (Å²) in [7, 11) is 1.53. The Morgan fingerprint density at radius 2 is 1.86 bits per heavy atom. The molecule has 29 heavy (non-hydrogen) atoms. The second-order valence-corrected chi connectivity index (χ2v) is 5.76. The van der Waals surface area contributed by atoms with E-state index >= 15 is 0 Å². The summed E-state index contributed by atoms with van der Waals surface area (Å²) >= 11 is 0. The van der Waals surface area contributed by atoms with Crippen molar-refractivity contribution in [3.63, 3.8) is 0 Å². The number of alkyl halides is 2. The van der Waals surface area contributed by atoms with Gasteiger partial charge in [-0.25, -0.2) is 4.39 Å². The van der Waals surface area contributed by atoms with E-state index in [9.17, 15) is 18.3 Å². The van der Waals surface area contributed by atoms with Crippen molar-refractivity contribution in [2.45, 2.75) is 19.7 Å². The lowest BCUT2D eigenvalue weighted by molar-refractivity contribution is -0.0505. The van der Waals surface area contributed by atoms with Crippen LogP contribution in [0.5, 0.6) is 23.0 Å². The monoisotopic (exact) mass is 525 g/mol. The van der Waals surface area contributed by atoms with Gasteiger partial charge in [0.25, 0.3) is 0 Å². The Morgan fingerprint density at radius 3 is 2.52 bits per heavy atom. The van der Waals surface area contributed by atoms with Crippen molar-refractivity contribution >= 4 is 29.9 Å². The van der Waals surface area contributed by atoms with Crippen LogP contribution in [0.2, 0.25) is 0 Å². The maximum atomic E-state index is 13.4. The molecule has 3 rings (SSSR count). The molecule has 0 amide bonds. The molecule has 158 valence electrons. The smallest absolute Gasteiger partial charge is 0.387 e. The molecule has 7 nitrogen and oxygen atoms in total. The van der Waals surface area contributed by atoms with Crippen LogP contribution in [0.4, 0.5) is 13.2 Å². The van der Waals surface area contributed by atoms with Crippen LogP contribution in [0.15, 0.2) is 35.3 Å². The number of benzene rings is 2. The second-order valence-electron chi connectivity index (χ2n) is 5.76. The number of guanidine groups is 1. The zero-order chi connectivity index (χ0) is 20.1. The standard InChI is InChI=1S/C18H18F3N3O4.HI/c1-22-18(23-7-10-2-3-13(25)12(19)4-10)24-8-11-5-15-16(27-9-26-15)6-14(11)28-17(20)21;/h2-6,17,25H,7-9H2,1H3,(H2,22,23,24);1H. The van der Waals surface area contributed by atoms with E-state index in [1.54, 1.807) is 12.1 Å². The fourth-order valence-corrected chi connectivity index (χ4v) is 2.55. The van der Waals surface area contributed by atoms with Gasteiger partial charge in [0.15, 0.2) is 29.0 Å². The molecule has 0 atom stereocenters. The average Bonchev–Trinajstić information content (AvgIpc) is 3.11. The van der Waals surface area contributed by atoms with Crippen LogP contribution in [0, 0.1) is 5.82 Å². The Morgan fingerprint density at radius 1 is 1.17 bits per heavy atom. The van der Waals surface area contributed by atoms with Gasteiger partial charge in [0.2, 0.25) is 6.79 Å². The van der Waals surface area contributed by atoms with Crippen molar-refractivity contribution < 1.29 is 32.5 Å². The van der Waals surface area contributed by atoms with E-state index in [0.717, 1.165) is 0 Å². The first-order valence-corrected chi connectivity index (χ1v) is 8.25. The number of hydrogen-bond acceptors (Lipinski definition) is 5. The van der Waals surface area contributed by atoms with E-state index in [1.807, 2.05) is 0 Å². The number of rotatable bonds is 6. The lowest BCUT2D eigenvalue weighted by Crippen LogP contribution is -2.36. The molecular weight excluding hydrogens is 506 g/mol. The number of aromatic hydroxyl groups is 1. The van der Waals surface area contributed by atoms with Crippen LogP contribution >= 0.6 is 24.0 Å². The van der Waals surface area contributed by atoms with E-state index in [0.29, 0.717) is 28.6 Å². The van der Waals surface area contributed by atoms with E-state index < -0.39 is 18.2 Å². The fourth-order valence-electron chi connectivity index (χ4n) is 2.55. The van der Waals surface area contributed by atoms with Crippen LogP contribution in [0.1, 0.15) is 11.1 Å². The Hall–Kier alpha value is -2.57. The van der Waals surface area contributed by atoms with Gasteiger partial charge in [-0.15, -0.1) is 24.0 Å². The minimum Gasteiger partial charge on any atom is -0.505 e. The molecule has 1 aliphatic heterocycles. The largest absolute Gasteiger partial charge is 0.505 e. The number of hydrogen-bond donors (Lipinski definition) is 3. The lowest BCUT2D eigenvalue weighted by atomic mass is 10.1. The summed E-state index contributed by atoms with van der Waals surface area (Å²) in [6, 6.07) is 6.91. The third-order valence-electron chi connectivity index (χ3n) is 3.91. The molecular formula is C18H19F3IN3O4. The Labute approximate surface area is 181 Å². The van der Waals surface area contributed by atoms with Gasteiger partial charge in [-0.2, -0.15) is 8.78 Å². The summed E-state index contributed by atoms with van der Waals surface area (Å²) < 4.78 is 53.8. The number of aliphatic imine (C=N–C) groups is 1. The quantitative estimate of drug-likeness (QED) is 0.305. The van der Waals surface area contributed by atoms with Crippen LogP contribution in [0.25, 0.3) is 0 Å². The normalized spacial score (nSPS) is 12.5. The first-order chi connectivity index (χ1) is 13.5. The summed E-state index contributed by atoms with van der Waals surface area (Å²) in [6.07, 6.45) is 0. The predicted octanol–water partition coefficient (Wildman–Crippen LogP) is 3.34. The number of ether oxygens (including phenoxy) is 3. The zero-order valence-corrected chi connectivity index (χ0v) is 17.6. The minimum atomic E-state index is -2.99. The summed E-state index contributed by atoms with van der Waals surface area (Å²) in [4.78, 5) is 4.03. The molecule has 1 aliphatic rings. The molecule has 3 N–H and O–H groups in total.